The van der Waals surface area contributed by atoms with Crippen molar-refractivity contribution in [3.8, 4) is 0 Å². The molecule has 0 aliphatic carbocycles. The predicted octanol–water partition coefficient (Wildman–Crippen LogP) is 8.18. The molecule has 57 heavy (non-hydrogen) atoms. The van der Waals surface area contributed by atoms with E-state index < -0.39 is 46.7 Å². The summed E-state index contributed by atoms with van der Waals surface area (Å²) in [6.45, 7) is 4.42. The third-order valence-corrected chi connectivity index (χ3v) is 9.48. The van der Waals surface area contributed by atoms with Crippen LogP contribution in [0.3, 0.4) is 0 Å². The Kier molecular flexibility index (Phi) is 17.5. The van der Waals surface area contributed by atoms with E-state index in [4.69, 9.17) is 27.9 Å². The van der Waals surface area contributed by atoms with Gasteiger partial charge in [0, 0.05) is 0 Å². The Labute approximate surface area is 336 Å². The van der Waals surface area contributed by atoms with E-state index in [1.165, 1.54) is 0 Å². The molecule has 0 radical (unpaired) electrons. The highest BCUT2D eigenvalue weighted by atomic mass is 32.2. The van der Waals surface area contributed by atoms with Gasteiger partial charge < -0.3 is 29.0 Å². The quantitative estimate of drug-likeness (QED) is 0.0488. The van der Waals surface area contributed by atoms with E-state index in [1.54, 1.807) is 6.08 Å². The number of carbonyl (C=O) groups excluding carboxylic acids is 1. The molecule has 11 heteroatoms. The lowest BCUT2D eigenvalue weighted by atomic mass is 9.94. The highest BCUT2D eigenvalue weighted by molar-refractivity contribution is 7.86. The molecule has 0 fully saturated rings. The molecular formula is C46H51NO9S. The zero-order valence-electron chi connectivity index (χ0n) is 32.1. The lowest BCUT2D eigenvalue weighted by Gasteiger charge is -2.39. The highest BCUT2D eigenvalue weighted by Gasteiger charge is 2.44. The highest BCUT2D eigenvalue weighted by Crippen LogP contribution is 2.27. The number of hydrogen-bond donors (Lipinski definition) is 1. The number of hydrogen-bond acceptors (Lipinski definition) is 9. The minimum atomic E-state index is -4.16. The molecule has 1 N–H and O–H groups in total. The average Bonchev–Trinajstić information content (AvgIpc) is 3.23. The molecule has 0 saturated carbocycles. The third kappa shape index (κ3) is 15.4. The fourth-order valence-electron chi connectivity index (χ4n) is 6.13. The summed E-state index contributed by atoms with van der Waals surface area (Å²) < 4.78 is 64.4. The number of benzene rings is 5. The Morgan fingerprint density at radius 3 is 1.42 bits per heavy atom. The topological polar surface area (TPSA) is 119 Å². The Morgan fingerprint density at radius 1 is 0.579 bits per heavy atom. The van der Waals surface area contributed by atoms with Gasteiger partial charge in [-0.2, -0.15) is 8.42 Å². The van der Waals surface area contributed by atoms with Gasteiger partial charge in [0.2, 0.25) is 0 Å². The average molecular weight is 794 g/mol. The molecule has 5 atom stereocenters. The van der Waals surface area contributed by atoms with Crippen LogP contribution in [0.15, 0.2) is 164 Å². The van der Waals surface area contributed by atoms with Crippen LogP contribution in [-0.4, -0.2) is 57.8 Å². The summed E-state index contributed by atoms with van der Waals surface area (Å²) in [7, 11) is -4.16. The van der Waals surface area contributed by atoms with Crippen molar-refractivity contribution in [2.45, 2.75) is 69.9 Å². The summed E-state index contributed by atoms with van der Waals surface area (Å²) in [6.07, 6.45) is -2.44. The van der Waals surface area contributed by atoms with Crippen LogP contribution in [0.4, 0.5) is 4.79 Å². The predicted molar refractivity (Wildman–Crippen MR) is 219 cm³/mol. The van der Waals surface area contributed by atoms with Crippen LogP contribution in [0.25, 0.3) is 0 Å². The first-order chi connectivity index (χ1) is 27.8. The van der Waals surface area contributed by atoms with Crippen molar-refractivity contribution in [2.24, 2.45) is 0 Å². The molecular weight excluding hydrogens is 743 g/mol. The van der Waals surface area contributed by atoms with Gasteiger partial charge in [0.25, 0.3) is 10.1 Å². The van der Waals surface area contributed by atoms with Crippen LogP contribution in [0.5, 0.6) is 0 Å². The maximum atomic E-state index is 13.5. The molecule has 0 aliphatic rings. The monoisotopic (exact) mass is 793 g/mol. The van der Waals surface area contributed by atoms with Crippen LogP contribution in [0.2, 0.25) is 0 Å². The maximum Gasteiger partial charge on any atom is 0.407 e. The Bertz CT molecular complexity index is 1990. The van der Waals surface area contributed by atoms with Gasteiger partial charge in [-0.3, -0.25) is 4.18 Å². The second-order valence-corrected chi connectivity index (χ2v) is 15.1. The van der Waals surface area contributed by atoms with Crippen molar-refractivity contribution in [1.29, 1.82) is 0 Å². The van der Waals surface area contributed by atoms with Gasteiger partial charge in [0.1, 0.15) is 31.0 Å². The van der Waals surface area contributed by atoms with Gasteiger partial charge in [-0.15, -0.1) is 6.58 Å². The van der Waals surface area contributed by atoms with Gasteiger partial charge >= 0.3 is 6.09 Å². The minimum absolute atomic E-state index is 0.0327. The SMILES string of the molecule is C=CC[C@@H](NC(=O)OCc1ccccc1)[C@H](OCc1ccccc1)[C@@H](OCc1ccccc1)[C@H](OS(C)(=O)=O)[C@@H](COCc1ccccc1)OCc1ccccc1. The number of amides is 1. The minimum Gasteiger partial charge on any atom is -0.445 e. The summed E-state index contributed by atoms with van der Waals surface area (Å²) >= 11 is 0. The number of rotatable bonds is 24. The first-order valence-corrected chi connectivity index (χ1v) is 20.6. The van der Waals surface area contributed by atoms with E-state index in [-0.39, 0.29) is 46.1 Å². The molecule has 5 aromatic rings. The van der Waals surface area contributed by atoms with Crippen LogP contribution in [0.1, 0.15) is 34.2 Å². The Hall–Kier alpha value is -5.14. The van der Waals surface area contributed by atoms with Crippen molar-refractivity contribution >= 4 is 16.2 Å². The van der Waals surface area contributed by atoms with Gasteiger partial charge in [-0.05, 0) is 34.2 Å². The molecule has 10 nitrogen and oxygen atoms in total. The van der Waals surface area contributed by atoms with Crippen LogP contribution < -0.4 is 5.32 Å². The third-order valence-electron chi connectivity index (χ3n) is 8.90. The largest absolute Gasteiger partial charge is 0.445 e. The number of nitrogens with one attached hydrogen (secondary N) is 1. The zero-order valence-corrected chi connectivity index (χ0v) is 33.0. The van der Waals surface area contributed by atoms with Crippen molar-refractivity contribution in [3.05, 3.63) is 192 Å². The number of ether oxygens (including phenoxy) is 5. The smallest absolute Gasteiger partial charge is 0.407 e. The fourth-order valence-corrected chi connectivity index (χ4v) is 6.77. The zero-order chi connectivity index (χ0) is 40.1. The molecule has 300 valence electrons. The second-order valence-electron chi connectivity index (χ2n) is 13.5. The van der Waals surface area contributed by atoms with Crippen LogP contribution >= 0.6 is 0 Å². The molecule has 5 rings (SSSR count). The fraction of sp³-hybridized carbons (Fsp3) is 0.283. The summed E-state index contributed by atoms with van der Waals surface area (Å²) in [4.78, 5) is 13.5. The summed E-state index contributed by atoms with van der Waals surface area (Å²) in [5.41, 5.74) is 4.25. The molecule has 0 unspecified atom stereocenters. The molecule has 0 saturated heterocycles. The lowest BCUT2D eigenvalue weighted by Crippen LogP contribution is -2.58. The van der Waals surface area contributed by atoms with Gasteiger partial charge in [-0.1, -0.05) is 158 Å². The molecule has 0 heterocycles. The normalized spacial score (nSPS) is 14.1. The Balaban J connectivity index is 1.55. The molecule has 0 spiro atoms. The van der Waals surface area contributed by atoms with Gasteiger partial charge in [-0.25, -0.2) is 4.79 Å². The molecule has 0 aliphatic heterocycles. The van der Waals surface area contributed by atoms with Crippen LogP contribution in [0, 0.1) is 0 Å². The Morgan fingerprint density at radius 2 is 0.982 bits per heavy atom. The second kappa shape index (κ2) is 23.2. The molecule has 0 aromatic heterocycles. The summed E-state index contributed by atoms with van der Waals surface area (Å²) in [5, 5.41) is 2.97. The van der Waals surface area contributed by atoms with Gasteiger partial charge in [0.15, 0.2) is 0 Å². The molecule has 1 amide bonds. The van der Waals surface area contributed by atoms with E-state index in [1.807, 2.05) is 152 Å². The van der Waals surface area contributed by atoms with E-state index in [0.29, 0.717) is 0 Å². The van der Waals surface area contributed by atoms with Crippen molar-refractivity contribution in [1.82, 2.24) is 5.32 Å². The lowest BCUT2D eigenvalue weighted by molar-refractivity contribution is -0.176. The van der Waals surface area contributed by atoms with Crippen molar-refractivity contribution in [2.75, 3.05) is 12.9 Å². The first kappa shape index (κ1) is 43.0. The van der Waals surface area contributed by atoms with Crippen molar-refractivity contribution in [3.63, 3.8) is 0 Å². The summed E-state index contributed by atoms with van der Waals surface area (Å²) in [6, 6.07) is 46.6. The first-order valence-electron chi connectivity index (χ1n) is 18.8. The summed E-state index contributed by atoms with van der Waals surface area (Å²) in [5.74, 6) is 0. The number of alkyl carbamates (subject to hydrolysis) is 1. The van der Waals surface area contributed by atoms with E-state index >= 15 is 0 Å². The van der Waals surface area contributed by atoms with Gasteiger partial charge in [0.05, 0.1) is 45.3 Å². The van der Waals surface area contributed by atoms with E-state index in [2.05, 4.69) is 11.9 Å². The standard InChI is InChI=1S/C46H51NO9S/c1-3-19-41(47-46(48)55-34-40-28-17-8-18-29-40)43(53-32-38-24-13-6-14-25-38)45(54-33-39-26-15-7-16-27-39)44(56-57(2,49)50)42(52-31-37-22-11-5-12-23-37)35-51-30-36-20-9-4-10-21-36/h3-18,20-29,41-45H,1,19,30-35H2,2H3,(H,47,48)/t41-,42-,43+,44-,45-/m1/s1. The van der Waals surface area contributed by atoms with E-state index in [9.17, 15) is 13.2 Å². The number of carbonyl (C=O) groups is 1. The van der Waals surface area contributed by atoms with Crippen molar-refractivity contribution < 1.29 is 41.1 Å². The molecule has 0 bridgehead atoms. The van der Waals surface area contributed by atoms with E-state index in [0.717, 1.165) is 34.1 Å². The molecule has 5 aromatic carbocycles. The van der Waals surface area contributed by atoms with Crippen LogP contribution in [-0.2, 0) is 71.0 Å². The maximum absolute atomic E-state index is 13.5.